The van der Waals surface area contributed by atoms with Gasteiger partial charge in [-0.1, -0.05) is 30.3 Å². The maximum Gasteiger partial charge on any atom is 0.251 e. The van der Waals surface area contributed by atoms with Gasteiger partial charge in [0.15, 0.2) is 5.82 Å². The summed E-state index contributed by atoms with van der Waals surface area (Å²) < 4.78 is 0. The highest BCUT2D eigenvalue weighted by atomic mass is 35.5. The molecule has 3 aromatic carbocycles. The summed E-state index contributed by atoms with van der Waals surface area (Å²) in [6.07, 6.45) is 5.61. The van der Waals surface area contributed by atoms with Crippen molar-refractivity contribution in [1.29, 1.82) is 0 Å². The van der Waals surface area contributed by atoms with Crippen LogP contribution in [-0.4, -0.2) is 64.6 Å². The van der Waals surface area contributed by atoms with Gasteiger partial charge in [0.05, 0.1) is 0 Å². The van der Waals surface area contributed by atoms with Crippen molar-refractivity contribution in [2.45, 2.75) is 70.9 Å². The molecule has 1 saturated heterocycles. The summed E-state index contributed by atoms with van der Waals surface area (Å²) in [7, 11) is 0. The first-order valence-corrected chi connectivity index (χ1v) is 17.8. The topological polar surface area (TPSA) is 167 Å². The summed E-state index contributed by atoms with van der Waals surface area (Å²) in [6.45, 7) is 6.34. The number of carbonyl (C=O) groups excluding carboxylic acids is 3. The SMILES string of the molecule is Cc1nnc(-c2ccc(NC(=O)[C@H](Cc3ccc(-c4ccc(C(=O)NC5CCNCC5)cc4C)cc3)NC(=O)C3CCC(CN)CC3)cc2)[nH]1.Cl. The Balaban J connectivity index is 0.00000504. The first-order chi connectivity index (χ1) is 24.2. The molecule has 12 heteroatoms. The summed E-state index contributed by atoms with van der Waals surface area (Å²) in [4.78, 5) is 43.2. The van der Waals surface area contributed by atoms with E-state index in [0.29, 0.717) is 36.0 Å². The Kier molecular flexibility index (Phi) is 13.0. The zero-order valence-corrected chi connectivity index (χ0v) is 30.2. The predicted molar refractivity (Wildman–Crippen MR) is 203 cm³/mol. The van der Waals surface area contributed by atoms with E-state index in [4.69, 9.17) is 5.73 Å². The van der Waals surface area contributed by atoms with Crippen LogP contribution in [0, 0.1) is 25.7 Å². The largest absolute Gasteiger partial charge is 0.349 e. The summed E-state index contributed by atoms with van der Waals surface area (Å²) in [5.74, 6) is 1.29. The standard InChI is InChI=1S/C39H48N8O3.ClH/c1-24-21-31(38(49)43-33-17-19-41-20-18-33)13-16-34(24)28-7-3-26(4-8-28)22-35(45-37(48)30-9-5-27(23-40)6-10-30)39(50)44-32-14-11-29(12-15-32)36-42-25(2)46-47-36;/h3-4,7-8,11-16,21,27,30,33,35,41H,5-6,9-10,17-20,22-23,40H2,1-2H3,(H,43,49)(H,44,50)(H,45,48)(H,42,46,47);1H/t27?,30?,35-;/m0./s1. The second-order valence-corrected chi connectivity index (χ2v) is 13.8. The highest BCUT2D eigenvalue weighted by molar-refractivity contribution is 5.98. The zero-order valence-electron chi connectivity index (χ0n) is 29.3. The smallest absolute Gasteiger partial charge is 0.251 e. The first-order valence-electron chi connectivity index (χ1n) is 17.8. The number of rotatable bonds is 11. The number of amides is 3. The van der Waals surface area contributed by atoms with Gasteiger partial charge in [-0.3, -0.25) is 14.4 Å². The minimum absolute atomic E-state index is 0. The number of aromatic nitrogens is 3. The van der Waals surface area contributed by atoms with E-state index in [1.807, 2.05) is 80.6 Å². The van der Waals surface area contributed by atoms with Crippen LogP contribution >= 0.6 is 12.4 Å². The lowest BCUT2D eigenvalue weighted by Gasteiger charge is -2.28. The van der Waals surface area contributed by atoms with Gasteiger partial charge in [-0.2, -0.15) is 0 Å². The van der Waals surface area contributed by atoms with Crippen molar-refractivity contribution < 1.29 is 14.4 Å². The van der Waals surface area contributed by atoms with Gasteiger partial charge in [0.25, 0.3) is 5.91 Å². The van der Waals surface area contributed by atoms with Crippen molar-refractivity contribution in [2.75, 3.05) is 25.0 Å². The molecule has 0 radical (unpaired) electrons. The maximum absolute atomic E-state index is 13.7. The monoisotopic (exact) mass is 712 g/mol. The number of carbonyl (C=O) groups is 3. The van der Waals surface area contributed by atoms with Gasteiger partial charge in [0.1, 0.15) is 11.9 Å². The van der Waals surface area contributed by atoms with Crippen LogP contribution in [0.2, 0.25) is 0 Å². The number of nitrogens with two attached hydrogens (primary N) is 1. The van der Waals surface area contributed by atoms with Crippen molar-refractivity contribution in [1.82, 2.24) is 31.1 Å². The lowest BCUT2D eigenvalue weighted by Crippen LogP contribution is -2.48. The van der Waals surface area contributed by atoms with E-state index in [1.165, 1.54) is 0 Å². The van der Waals surface area contributed by atoms with Gasteiger partial charge in [0, 0.05) is 35.2 Å². The summed E-state index contributed by atoms with van der Waals surface area (Å²) >= 11 is 0. The number of hydrogen-bond acceptors (Lipinski definition) is 7. The first kappa shape index (κ1) is 37.7. The molecular weight excluding hydrogens is 664 g/mol. The Hall–Kier alpha value is -4.58. The van der Waals surface area contributed by atoms with Crippen LogP contribution in [0.5, 0.6) is 0 Å². The molecule has 1 saturated carbocycles. The fourth-order valence-electron chi connectivity index (χ4n) is 7.00. The average molecular weight is 713 g/mol. The Morgan fingerprint density at radius 2 is 1.55 bits per heavy atom. The minimum Gasteiger partial charge on any atom is -0.349 e. The number of H-pyrrole nitrogens is 1. The normalized spacial score (nSPS) is 18.3. The number of nitrogens with one attached hydrogen (secondary N) is 5. The van der Waals surface area contributed by atoms with Crippen LogP contribution in [0.4, 0.5) is 5.69 Å². The van der Waals surface area contributed by atoms with Crippen molar-refractivity contribution in [3.8, 4) is 22.5 Å². The molecule has 7 N–H and O–H groups in total. The van der Waals surface area contributed by atoms with Gasteiger partial charge < -0.3 is 32.0 Å². The lowest BCUT2D eigenvalue weighted by atomic mass is 9.81. The molecule has 270 valence electrons. The van der Waals surface area contributed by atoms with Crippen molar-refractivity contribution >= 4 is 35.8 Å². The second-order valence-electron chi connectivity index (χ2n) is 13.8. The van der Waals surface area contributed by atoms with Crippen LogP contribution < -0.4 is 27.0 Å². The number of nitrogens with zero attached hydrogens (tertiary/aromatic N) is 2. The van der Waals surface area contributed by atoms with Gasteiger partial charge in [-0.25, -0.2) is 0 Å². The van der Waals surface area contributed by atoms with E-state index in [1.54, 1.807) is 0 Å². The quantitative estimate of drug-likeness (QED) is 0.126. The number of piperidine rings is 1. The van der Waals surface area contributed by atoms with Gasteiger partial charge >= 0.3 is 0 Å². The molecule has 0 unspecified atom stereocenters. The Morgan fingerprint density at radius 1 is 0.863 bits per heavy atom. The molecule has 4 aromatic rings. The third-order valence-electron chi connectivity index (χ3n) is 10.1. The average Bonchev–Trinajstić information content (AvgIpc) is 3.58. The number of aromatic amines is 1. The molecule has 3 amide bonds. The summed E-state index contributed by atoms with van der Waals surface area (Å²) in [5.41, 5.74) is 12.0. The third-order valence-corrected chi connectivity index (χ3v) is 10.1. The molecule has 11 nitrogen and oxygen atoms in total. The molecule has 1 aliphatic carbocycles. The van der Waals surface area contributed by atoms with Crippen LogP contribution in [-0.2, 0) is 16.0 Å². The minimum atomic E-state index is -0.767. The molecule has 1 aromatic heterocycles. The Morgan fingerprint density at radius 3 is 2.18 bits per heavy atom. The fourth-order valence-corrected chi connectivity index (χ4v) is 7.00. The van der Waals surface area contributed by atoms with Crippen LogP contribution in [0.3, 0.4) is 0 Å². The number of aryl methyl sites for hydroxylation is 2. The van der Waals surface area contributed by atoms with Crippen molar-refractivity contribution in [3.63, 3.8) is 0 Å². The summed E-state index contributed by atoms with van der Waals surface area (Å²) in [6, 6.07) is 20.7. The van der Waals surface area contributed by atoms with Gasteiger partial charge in [0.2, 0.25) is 11.8 Å². The molecule has 1 aliphatic heterocycles. The highest BCUT2D eigenvalue weighted by Crippen LogP contribution is 2.29. The molecule has 51 heavy (non-hydrogen) atoms. The van der Waals surface area contributed by atoms with E-state index >= 15 is 0 Å². The highest BCUT2D eigenvalue weighted by Gasteiger charge is 2.29. The van der Waals surface area contributed by atoms with E-state index in [0.717, 1.165) is 85.3 Å². The van der Waals surface area contributed by atoms with Gasteiger partial charge in [-0.15, -0.1) is 22.6 Å². The Bertz CT molecular complexity index is 1780. The zero-order chi connectivity index (χ0) is 35.0. The molecular formula is C39H49ClN8O3. The van der Waals surface area contributed by atoms with Crippen molar-refractivity contribution in [3.05, 3.63) is 89.2 Å². The fraction of sp³-hybridized carbons (Fsp3) is 0.410. The number of benzene rings is 3. The van der Waals surface area contributed by atoms with E-state index in [-0.39, 0.29) is 42.1 Å². The Labute approximate surface area is 305 Å². The molecule has 2 fully saturated rings. The number of hydrogen-bond donors (Lipinski definition) is 6. The predicted octanol–water partition coefficient (Wildman–Crippen LogP) is 5.09. The third kappa shape index (κ3) is 9.81. The number of anilines is 1. The van der Waals surface area contributed by atoms with Gasteiger partial charge in [-0.05, 0) is 137 Å². The van der Waals surface area contributed by atoms with E-state index in [2.05, 4.69) is 36.4 Å². The molecule has 0 bridgehead atoms. The molecule has 0 spiro atoms. The molecule has 1 atom stereocenters. The van der Waals surface area contributed by atoms with E-state index < -0.39 is 6.04 Å². The molecule has 2 heterocycles. The van der Waals surface area contributed by atoms with Crippen molar-refractivity contribution in [2.24, 2.45) is 17.6 Å². The van der Waals surface area contributed by atoms with E-state index in [9.17, 15) is 14.4 Å². The molecule has 2 aliphatic rings. The summed E-state index contributed by atoms with van der Waals surface area (Å²) in [5, 5.41) is 20.7. The number of halogens is 1. The van der Waals surface area contributed by atoms with Crippen LogP contribution in [0.1, 0.15) is 65.8 Å². The molecule has 6 rings (SSSR count). The maximum atomic E-state index is 13.7. The van der Waals surface area contributed by atoms with Crippen LogP contribution in [0.15, 0.2) is 66.7 Å². The second kappa shape index (κ2) is 17.6. The lowest BCUT2D eigenvalue weighted by molar-refractivity contribution is -0.130. The van der Waals surface area contributed by atoms with Crippen LogP contribution in [0.25, 0.3) is 22.5 Å².